The maximum absolute atomic E-state index is 13.5. The Morgan fingerprint density at radius 3 is 2.50 bits per heavy atom. The summed E-state index contributed by atoms with van der Waals surface area (Å²) >= 11 is 0. The van der Waals surface area contributed by atoms with E-state index in [-0.39, 0.29) is 17.3 Å². The number of benzene rings is 1. The zero-order chi connectivity index (χ0) is 13.3. The van der Waals surface area contributed by atoms with Gasteiger partial charge in [0.25, 0.3) is 0 Å². The fourth-order valence-electron chi connectivity index (χ4n) is 1.49. The molecular formula is C12H9F2NO3. The summed E-state index contributed by atoms with van der Waals surface area (Å²) in [4.78, 5) is 15.1. The minimum Gasteiger partial charge on any atom is -0.464 e. The molecule has 4 nitrogen and oxygen atoms in total. The normalized spacial score (nSPS) is 10.4. The number of carbonyl (C=O) groups is 1. The molecule has 0 aliphatic carbocycles. The van der Waals surface area contributed by atoms with E-state index in [1.54, 1.807) is 0 Å². The average molecular weight is 253 g/mol. The molecule has 2 aromatic rings. The number of oxazole rings is 1. The SMILES string of the molecule is COC(=O)c1nc(-c2c(F)cccc2F)oc1C. The summed E-state index contributed by atoms with van der Waals surface area (Å²) in [5, 5.41) is 0. The lowest BCUT2D eigenvalue weighted by Crippen LogP contribution is -2.03. The minimum atomic E-state index is -0.812. The summed E-state index contributed by atoms with van der Waals surface area (Å²) in [5.74, 6) is -2.50. The smallest absolute Gasteiger partial charge is 0.360 e. The molecule has 0 saturated heterocycles. The van der Waals surface area contributed by atoms with E-state index in [1.165, 1.54) is 20.1 Å². The first-order chi connectivity index (χ1) is 8.54. The Morgan fingerprint density at radius 2 is 1.94 bits per heavy atom. The third-order valence-corrected chi connectivity index (χ3v) is 2.35. The molecule has 1 heterocycles. The monoisotopic (exact) mass is 253 g/mol. The zero-order valence-corrected chi connectivity index (χ0v) is 9.66. The van der Waals surface area contributed by atoms with Crippen LogP contribution >= 0.6 is 0 Å². The highest BCUT2D eigenvalue weighted by Crippen LogP contribution is 2.27. The van der Waals surface area contributed by atoms with Gasteiger partial charge < -0.3 is 9.15 Å². The maximum Gasteiger partial charge on any atom is 0.360 e. The molecule has 1 aromatic heterocycles. The summed E-state index contributed by atoms with van der Waals surface area (Å²) in [6, 6.07) is 3.39. The first-order valence-corrected chi connectivity index (χ1v) is 5.04. The molecule has 1 aromatic carbocycles. The van der Waals surface area contributed by atoms with E-state index in [2.05, 4.69) is 9.72 Å². The molecule has 0 unspecified atom stereocenters. The Morgan fingerprint density at radius 1 is 1.33 bits per heavy atom. The largest absolute Gasteiger partial charge is 0.464 e. The van der Waals surface area contributed by atoms with Gasteiger partial charge in [0.2, 0.25) is 5.89 Å². The molecule has 0 aliphatic heterocycles. The highest BCUT2D eigenvalue weighted by Gasteiger charge is 2.22. The van der Waals surface area contributed by atoms with Crippen molar-refractivity contribution in [2.24, 2.45) is 0 Å². The number of hydrogen-bond acceptors (Lipinski definition) is 4. The molecule has 0 atom stereocenters. The van der Waals surface area contributed by atoms with Crippen LogP contribution in [-0.2, 0) is 4.74 Å². The van der Waals surface area contributed by atoms with Gasteiger partial charge in [-0.05, 0) is 19.1 Å². The van der Waals surface area contributed by atoms with Crippen LogP contribution in [0.15, 0.2) is 22.6 Å². The number of methoxy groups -OCH3 is 1. The van der Waals surface area contributed by atoms with E-state index < -0.39 is 23.2 Å². The number of aryl methyl sites for hydroxylation is 1. The Balaban J connectivity index is 2.56. The molecule has 0 bridgehead atoms. The van der Waals surface area contributed by atoms with Crippen molar-refractivity contribution in [1.82, 2.24) is 4.98 Å². The van der Waals surface area contributed by atoms with E-state index in [0.29, 0.717) is 0 Å². The van der Waals surface area contributed by atoms with Crippen LogP contribution in [0, 0.1) is 18.6 Å². The summed E-state index contributed by atoms with van der Waals surface area (Å²) in [5.41, 5.74) is -0.508. The number of ether oxygens (including phenoxy) is 1. The zero-order valence-electron chi connectivity index (χ0n) is 9.66. The van der Waals surface area contributed by atoms with Crippen LogP contribution in [0.5, 0.6) is 0 Å². The molecular weight excluding hydrogens is 244 g/mol. The molecule has 0 fully saturated rings. The molecule has 0 N–H and O–H groups in total. The maximum atomic E-state index is 13.5. The first-order valence-electron chi connectivity index (χ1n) is 5.04. The third kappa shape index (κ3) is 1.97. The van der Waals surface area contributed by atoms with Crippen molar-refractivity contribution >= 4 is 5.97 Å². The topological polar surface area (TPSA) is 52.3 Å². The lowest BCUT2D eigenvalue weighted by Gasteiger charge is -1.98. The predicted octanol–water partition coefficient (Wildman–Crippen LogP) is 2.71. The molecule has 0 aliphatic rings. The number of nitrogens with zero attached hydrogens (tertiary/aromatic N) is 1. The van der Waals surface area contributed by atoms with E-state index >= 15 is 0 Å². The molecule has 0 radical (unpaired) electrons. The molecule has 2 rings (SSSR count). The van der Waals surface area contributed by atoms with Crippen LogP contribution in [-0.4, -0.2) is 18.1 Å². The van der Waals surface area contributed by atoms with Crippen LogP contribution in [0.25, 0.3) is 11.5 Å². The number of carbonyl (C=O) groups excluding carboxylic acids is 1. The van der Waals surface area contributed by atoms with Gasteiger partial charge in [0, 0.05) is 0 Å². The Kier molecular flexibility index (Phi) is 3.10. The summed E-state index contributed by atoms with van der Waals surface area (Å²) in [6.45, 7) is 1.46. The molecule has 0 saturated carbocycles. The molecule has 0 amide bonds. The number of halogens is 2. The standard InChI is InChI=1S/C12H9F2NO3/c1-6-10(12(16)17-2)15-11(18-6)9-7(13)4-3-5-8(9)14/h3-5H,1-2H3. The second-order valence-corrected chi connectivity index (χ2v) is 3.51. The second kappa shape index (κ2) is 4.56. The van der Waals surface area contributed by atoms with Crippen molar-refractivity contribution in [3.8, 4) is 11.5 Å². The number of rotatable bonds is 2. The van der Waals surface area contributed by atoms with Gasteiger partial charge in [-0.2, -0.15) is 0 Å². The van der Waals surface area contributed by atoms with Crippen molar-refractivity contribution in [1.29, 1.82) is 0 Å². The third-order valence-electron chi connectivity index (χ3n) is 2.35. The highest BCUT2D eigenvalue weighted by atomic mass is 19.1. The predicted molar refractivity (Wildman–Crippen MR) is 57.9 cm³/mol. The van der Waals surface area contributed by atoms with Gasteiger partial charge in [-0.1, -0.05) is 6.07 Å². The van der Waals surface area contributed by atoms with Crippen LogP contribution in [0.2, 0.25) is 0 Å². The van der Waals surface area contributed by atoms with E-state index in [1.807, 2.05) is 0 Å². The number of esters is 1. The van der Waals surface area contributed by atoms with E-state index in [0.717, 1.165) is 12.1 Å². The molecule has 0 spiro atoms. The van der Waals surface area contributed by atoms with Gasteiger partial charge in [0.15, 0.2) is 5.69 Å². The quantitative estimate of drug-likeness (QED) is 0.772. The van der Waals surface area contributed by atoms with Crippen molar-refractivity contribution in [3.63, 3.8) is 0 Å². The van der Waals surface area contributed by atoms with Crippen molar-refractivity contribution in [2.75, 3.05) is 7.11 Å². The van der Waals surface area contributed by atoms with Gasteiger partial charge in [-0.25, -0.2) is 18.6 Å². The number of aromatic nitrogens is 1. The minimum absolute atomic E-state index is 0.102. The molecule has 18 heavy (non-hydrogen) atoms. The van der Waals surface area contributed by atoms with Gasteiger partial charge in [0.1, 0.15) is 23.0 Å². The van der Waals surface area contributed by atoms with Gasteiger partial charge >= 0.3 is 5.97 Å². The number of hydrogen-bond donors (Lipinski definition) is 0. The molecule has 94 valence electrons. The van der Waals surface area contributed by atoms with E-state index in [9.17, 15) is 13.6 Å². The summed E-state index contributed by atoms with van der Waals surface area (Å²) in [7, 11) is 1.18. The fourth-order valence-corrected chi connectivity index (χ4v) is 1.49. The summed E-state index contributed by atoms with van der Waals surface area (Å²) in [6.07, 6.45) is 0. The van der Waals surface area contributed by atoms with Crippen molar-refractivity contribution < 1.29 is 22.7 Å². The molecule has 6 heteroatoms. The van der Waals surface area contributed by atoms with Crippen LogP contribution in [0.1, 0.15) is 16.2 Å². The lowest BCUT2D eigenvalue weighted by molar-refractivity contribution is 0.0593. The summed E-state index contributed by atoms with van der Waals surface area (Å²) < 4.78 is 36.6. The lowest BCUT2D eigenvalue weighted by atomic mass is 10.2. The van der Waals surface area contributed by atoms with E-state index in [4.69, 9.17) is 4.42 Å². The average Bonchev–Trinajstić information content (AvgIpc) is 2.70. The second-order valence-electron chi connectivity index (χ2n) is 3.51. The van der Waals surface area contributed by atoms with Gasteiger partial charge in [0.05, 0.1) is 7.11 Å². The van der Waals surface area contributed by atoms with Crippen molar-refractivity contribution in [3.05, 3.63) is 41.3 Å². The van der Waals surface area contributed by atoms with Crippen LogP contribution in [0.4, 0.5) is 8.78 Å². The Hall–Kier alpha value is -2.24. The van der Waals surface area contributed by atoms with Gasteiger partial charge in [-0.15, -0.1) is 0 Å². The van der Waals surface area contributed by atoms with Gasteiger partial charge in [-0.3, -0.25) is 0 Å². The van der Waals surface area contributed by atoms with Crippen LogP contribution in [0.3, 0.4) is 0 Å². The van der Waals surface area contributed by atoms with Crippen LogP contribution < -0.4 is 0 Å². The van der Waals surface area contributed by atoms with Crippen molar-refractivity contribution in [2.45, 2.75) is 6.92 Å². The Labute approximate surface area is 101 Å². The Bertz CT molecular complexity index is 587. The highest BCUT2D eigenvalue weighted by molar-refractivity contribution is 5.88. The first kappa shape index (κ1) is 12.2. The fraction of sp³-hybridized carbons (Fsp3) is 0.167.